The van der Waals surface area contributed by atoms with Gasteiger partial charge in [-0.05, 0) is 23.5 Å². The van der Waals surface area contributed by atoms with E-state index in [9.17, 15) is 0 Å². The molecule has 1 aliphatic carbocycles. The van der Waals surface area contributed by atoms with Gasteiger partial charge in [-0.15, -0.1) is 0 Å². The maximum atomic E-state index is 5.54. The molecule has 0 saturated heterocycles. The van der Waals surface area contributed by atoms with Crippen molar-refractivity contribution in [3.8, 4) is 0 Å². The highest BCUT2D eigenvalue weighted by Crippen LogP contribution is 2.16. The number of hydrogen-bond donors (Lipinski definition) is 1. The first-order chi connectivity index (χ1) is 6.88. The van der Waals surface area contributed by atoms with E-state index in [-0.39, 0.29) is 0 Å². The Bertz CT molecular complexity index is 334. The second kappa shape index (κ2) is 4.25. The van der Waals surface area contributed by atoms with Crippen molar-refractivity contribution in [2.45, 2.75) is 13.0 Å². The fourth-order valence-electron chi connectivity index (χ4n) is 1.70. The van der Waals surface area contributed by atoms with Gasteiger partial charge in [-0.2, -0.15) is 0 Å². The molecule has 0 aromatic heterocycles. The van der Waals surface area contributed by atoms with E-state index in [2.05, 4.69) is 48.6 Å². The van der Waals surface area contributed by atoms with Crippen LogP contribution in [0.2, 0.25) is 0 Å². The molecule has 0 spiro atoms. The Balaban J connectivity index is 2.02. The Labute approximate surface area is 84.9 Å². The second-order valence-electron chi connectivity index (χ2n) is 3.66. The number of nitrogens with two attached hydrogens (primary N) is 1. The third-order valence-electron chi connectivity index (χ3n) is 2.56. The van der Waals surface area contributed by atoms with Crippen LogP contribution in [0.15, 0.2) is 48.6 Å². The van der Waals surface area contributed by atoms with Crippen LogP contribution in [0.4, 0.5) is 0 Å². The second-order valence-corrected chi connectivity index (χ2v) is 3.66. The van der Waals surface area contributed by atoms with Crippen LogP contribution in [-0.4, -0.2) is 0 Å². The summed E-state index contributed by atoms with van der Waals surface area (Å²) < 4.78 is 0. The topological polar surface area (TPSA) is 26.0 Å². The van der Waals surface area contributed by atoms with Crippen LogP contribution >= 0.6 is 0 Å². The van der Waals surface area contributed by atoms with Crippen LogP contribution in [0.5, 0.6) is 0 Å². The van der Waals surface area contributed by atoms with E-state index in [1.165, 1.54) is 11.1 Å². The molecule has 2 N–H and O–H groups in total. The van der Waals surface area contributed by atoms with Crippen molar-refractivity contribution in [3.05, 3.63) is 59.7 Å². The molecule has 0 fully saturated rings. The molecule has 0 atom stereocenters. The lowest BCUT2D eigenvalue weighted by Crippen LogP contribution is -1.98. The molecular weight excluding hydrogens is 170 g/mol. The van der Waals surface area contributed by atoms with E-state index in [0.717, 1.165) is 6.42 Å². The van der Waals surface area contributed by atoms with Crippen LogP contribution in [-0.2, 0) is 13.0 Å². The molecule has 0 amide bonds. The van der Waals surface area contributed by atoms with Gasteiger partial charge in [0, 0.05) is 6.54 Å². The molecule has 14 heavy (non-hydrogen) atoms. The zero-order valence-corrected chi connectivity index (χ0v) is 8.19. The van der Waals surface area contributed by atoms with Gasteiger partial charge in [-0.1, -0.05) is 48.6 Å². The van der Waals surface area contributed by atoms with Crippen LogP contribution in [0.25, 0.3) is 0 Å². The highest BCUT2D eigenvalue weighted by molar-refractivity contribution is 5.26. The molecule has 1 aromatic carbocycles. The average Bonchev–Trinajstić information content (AvgIpc) is 2.72. The fraction of sp³-hybridized carbons (Fsp3) is 0.231. The van der Waals surface area contributed by atoms with E-state index in [4.69, 9.17) is 5.73 Å². The highest BCUT2D eigenvalue weighted by Gasteiger charge is 2.04. The summed E-state index contributed by atoms with van der Waals surface area (Å²) in [6, 6.07) is 8.56. The summed E-state index contributed by atoms with van der Waals surface area (Å²) in [6.45, 7) is 0.628. The Morgan fingerprint density at radius 1 is 0.929 bits per heavy atom. The number of benzene rings is 1. The maximum Gasteiger partial charge on any atom is 0.0178 e. The standard InChI is InChI=1S/C13H15N/c14-10-13-7-5-12(6-8-13)9-11-3-1-2-4-11/h1-8,11H,9-10,14H2. The van der Waals surface area contributed by atoms with Gasteiger partial charge in [-0.3, -0.25) is 0 Å². The summed E-state index contributed by atoms with van der Waals surface area (Å²) >= 11 is 0. The van der Waals surface area contributed by atoms with Crippen molar-refractivity contribution in [2.24, 2.45) is 11.7 Å². The Morgan fingerprint density at radius 2 is 1.50 bits per heavy atom. The average molecular weight is 185 g/mol. The summed E-state index contributed by atoms with van der Waals surface area (Å²) in [5, 5.41) is 0. The molecule has 0 radical (unpaired) electrons. The van der Waals surface area contributed by atoms with E-state index < -0.39 is 0 Å². The maximum absolute atomic E-state index is 5.54. The first-order valence-corrected chi connectivity index (χ1v) is 5.01. The molecule has 72 valence electrons. The number of allylic oxidation sites excluding steroid dienone is 4. The normalized spacial score (nSPS) is 15.2. The number of hydrogen-bond acceptors (Lipinski definition) is 1. The third-order valence-corrected chi connectivity index (χ3v) is 2.56. The van der Waals surface area contributed by atoms with Crippen LogP contribution in [0.1, 0.15) is 11.1 Å². The minimum absolute atomic E-state index is 0.582. The molecule has 0 saturated carbocycles. The minimum Gasteiger partial charge on any atom is -0.326 e. The zero-order chi connectivity index (χ0) is 9.80. The van der Waals surface area contributed by atoms with Gasteiger partial charge in [0.25, 0.3) is 0 Å². The summed E-state index contributed by atoms with van der Waals surface area (Å²) in [4.78, 5) is 0. The predicted molar refractivity (Wildman–Crippen MR) is 59.8 cm³/mol. The van der Waals surface area contributed by atoms with Crippen LogP contribution in [0, 0.1) is 5.92 Å². The quantitative estimate of drug-likeness (QED) is 0.769. The van der Waals surface area contributed by atoms with E-state index in [1.54, 1.807) is 0 Å². The lowest BCUT2D eigenvalue weighted by molar-refractivity contribution is 0.815. The third kappa shape index (κ3) is 2.12. The van der Waals surface area contributed by atoms with Crippen LogP contribution in [0.3, 0.4) is 0 Å². The van der Waals surface area contributed by atoms with Gasteiger partial charge in [0.2, 0.25) is 0 Å². The monoisotopic (exact) mass is 185 g/mol. The summed E-state index contributed by atoms with van der Waals surface area (Å²) in [6.07, 6.45) is 9.78. The fourth-order valence-corrected chi connectivity index (χ4v) is 1.70. The molecule has 1 nitrogen and oxygen atoms in total. The summed E-state index contributed by atoms with van der Waals surface area (Å²) in [7, 11) is 0. The minimum atomic E-state index is 0.582. The molecule has 0 unspecified atom stereocenters. The molecule has 0 bridgehead atoms. The SMILES string of the molecule is NCc1ccc(CC2C=CC=C2)cc1. The first kappa shape index (κ1) is 9.22. The molecular formula is C13H15N. The molecule has 1 aliphatic rings. The molecule has 1 heteroatoms. The van der Waals surface area contributed by atoms with Crippen molar-refractivity contribution >= 4 is 0 Å². The molecule has 0 heterocycles. The van der Waals surface area contributed by atoms with Crippen molar-refractivity contribution < 1.29 is 0 Å². The van der Waals surface area contributed by atoms with Crippen molar-refractivity contribution in [1.82, 2.24) is 0 Å². The van der Waals surface area contributed by atoms with Gasteiger partial charge in [0.05, 0.1) is 0 Å². The van der Waals surface area contributed by atoms with E-state index in [0.29, 0.717) is 12.5 Å². The van der Waals surface area contributed by atoms with Gasteiger partial charge < -0.3 is 5.73 Å². The van der Waals surface area contributed by atoms with E-state index in [1.807, 2.05) is 0 Å². The zero-order valence-electron chi connectivity index (χ0n) is 8.19. The van der Waals surface area contributed by atoms with Crippen LogP contribution < -0.4 is 5.73 Å². The van der Waals surface area contributed by atoms with Crippen molar-refractivity contribution in [1.29, 1.82) is 0 Å². The lowest BCUT2D eigenvalue weighted by Gasteiger charge is -2.05. The van der Waals surface area contributed by atoms with Gasteiger partial charge in [0.15, 0.2) is 0 Å². The largest absolute Gasteiger partial charge is 0.326 e. The summed E-state index contributed by atoms with van der Waals surface area (Å²) in [5.41, 5.74) is 8.12. The molecule has 2 rings (SSSR count). The highest BCUT2D eigenvalue weighted by atomic mass is 14.5. The molecule has 1 aromatic rings. The lowest BCUT2D eigenvalue weighted by atomic mass is 10.00. The Hall–Kier alpha value is -1.34. The van der Waals surface area contributed by atoms with Gasteiger partial charge >= 0.3 is 0 Å². The van der Waals surface area contributed by atoms with Gasteiger partial charge in [0.1, 0.15) is 0 Å². The Kier molecular flexibility index (Phi) is 2.80. The Morgan fingerprint density at radius 3 is 2.07 bits per heavy atom. The summed E-state index contributed by atoms with van der Waals surface area (Å²) in [5.74, 6) is 0.582. The van der Waals surface area contributed by atoms with Gasteiger partial charge in [-0.25, -0.2) is 0 Å². The van der Waals surface area contributed by atoms with Crippen molar-refractivity contribution in [3.63, 3.8) is 0 Å². The van der Waals surface area contributed by atoms with Crippen molar-refractivity contribution in [2.75, 3.05) is 0 Å². The smallest absolute Gasteiger partial charge is 0.0178 e. The predicted octanol–water partition coefficient (Wildman–Crippen LogP) is 2.43. The number of rotatable bonds is 3. The van der Waals surface area contributed by atoms with E-state index >= 15 is 0 Å². The first-order valence-electron chi connectivity index (χ1n) is 5.01. The molecule has 0 aliphatic heterocycles.